The van der Waals surface area contributed by atoms with E-state index in [-0.39, 0.29) is 19.1 Å². The minimum atomic E-state index is -4.54. The number of amides is 1. The van der Waals surface area contributed by atoms with Crippen molar-refractivity contribution in [1.82, 2.24) is 4.90 Å². The third-order valence-corrected chi connectivity index (χ3v) is 6.40. The van der Waals surface area contributed by atoms with Crippen LogP contribution in [-0.2, 0) is 15.1 Å². The number of hydrogen-bond donors (Lipinski definition) is 0. The van der Waals surface area contributed by atoms with Gasteiger partial charge in [-0.2, -0.15) is 13.2 Å². The highest BCUT2D eigenvalue weighted by Gasteiger charge is 2.63. The van der Waals surface area contributed by atoms with Crippen molar-refractivity contribution < 1.29 is 22.7 Å². The quantitative estimate of drug-likeness (QED) is 0.682. The van der Waals surface area contributed by atoms with Gasteiger partial charge in [0, 0.05) is 19.2 Å². The van der Waals surface area contributed by atoms with Crippen LogP contribution < -0.4 is 0 Å². The summed E-state index contributed by atoms with van der Waals surface area (Å²) >= 11 is 0. The van der Waals surface area contributed by atoms with Gasteiger partial charge in [0.2, 0.25) is 0 Å². The molecule has 1 saturated heterocycles. The molecule has 1 saturated carbocycles. The van der Waals surface area contributed by atoms with Crippen molar-refractivity contribution in [2.24, 2.45) is 5.92 Å². The van der Waals surface area contributed by atoms with Crippen LogP contribution in [0.2, 0.25) is 0 Å². The third kappa shape index (κ3) is 3.52. The highest BCUT2D eigenvalue weighted by atomic mass is 19.4. The average molecular weight is 405 g/mol. The van der Waals surface area contributed by atoms with E-state index in [2.05, 4.69) is 0 Å². The average Bonchev–Trinajstić information content (AvgIpc) is 2.71. The number of hydrogen-bond acceptors (Lipinski definition) is 2. The number of rotatable bonds is 3. The summed E-state index contributed by atoms with van der Waals surface area (Å²) in [6.45, 7) is 0.0730. The van der Waals surface area contributed by atoms with E-state index in [0.717, 1.165) is 24.6 Å². The van der Waals surface area contributed by atoms with Crippen LogP contribution >= 0.6 is 0 Å². The first-order valence-electron chi connectivity index (χ1n) is 10.3. The number of ether oxygens (including phenoxy) is 1. The zero-order valence-electron chi connectivity index (χ0n) is 16.5. The summed E-state index contributed by atoms with van der Waals surface area (Å²) < 4.78 is 49.3. The summed E-state index contributed by atoms with van der Waals surface area (Å²) in [6, 6.07) is 12.5. The molecule has 1 aliphatic carbocycles. The van der Waals surface area contributed by atoms with Crippen LogP contribution in [0, 0.1) is 5.92 Å². The first-order valence-corrected chi connectivity index (χ1v) is 10.3. The van der Waals surface area contributed by atoms with Gasteiger partial charge in [-0.25, -0.2) is 0 Å². The predicted molar refractivity (Wildman–Crippen MR) is 105 cm³/mol. The van der Waals surface area contributed by atoms with Gasteiger partial charge in [0.15, 0.2) is 5.60 Å². The van der Waals surface area contributed by atoms with Crippen LogP contribution in [0.5, 0.6) is 0 Å². The Balaban J connectivity index is 1.95. The molecule has 0 bridgehead atoms. The van der Waals surface area contributed by atoms with Crippen molar-refractivity contribution in [3.05, 3.63) is 48.0 Å². The molecule has 156 valence electrons. The number of likely N-dealkylation sites (N-methyl/N-ethyl adjacent to an activating group) is 1. The van der Waals surface area contributed by atoms with Gasteiger partial charge in [-0.15, -0.1) is 0 Å². The maximum atomic E-state index is 14.3. The second-order valence-corrected chi connectivity index (χ2v) is 8.25. The fourth-order valence-corrected chi connectivity index (χ4v) is 4.95. The molecule has 0 N–H and O–H groups in total. The van der Waals surface area contributed by atoms with E-state index in [9.17, 15) is 18.0 Å². The lowest BCUT2D eigenvalue weighted by atomic mass is 9.73. The lowest BCUT2D eigenvalue weighted by molar-refractivity contribution is -0.264. The number of benzene rings is 2. The number of fused-ring (bicyclic) bond motifs is 1. The molecule has 29 heavy (non-hydrogen) atoms. The van der Waals surface area contributed by atoms with Crippen molar-refractivity contribution in [3.8, 4) is 0 Å². The van der Waals surface area contributed by atoms with E-state index in [0.29, 0.717) is 23.8 Å². The monoisotopic (exact) mass is 405 g/mol. The fourth-order valence-electron chi connectivity index (χ4n) is 4.95. The molecule has 2 aromatic rings. The van der Waals surface area contributed by atoms with Crippen molar-refractivity contribution in [3.63, 3.8) is 0 Å². The molecule has 4 rings (SSSR count). The molecule has 2 unspecified atom stereocenters. The number of nitrogens with zero attached hydrogens (tertiary/aromatic N) is 1. The molecule has 1 amide bonds. The standard InChI is InChI=1S/C23H26F3NO2/c1-27-15-14-20(23(24,25)26)22(21(27)28,29-17-10-3-2-4-11-17)19-13-7-9-16-8-5-6-12-18(16)19/h5-9,12-13,17,20H,2-4,10-11,14-15H2,1H3. The van der Waals surface area contributed by atoms with E-state index in [1.54, 1.807) is 31.3 Å². The molecule has 1 heterocycles. The van der Waals surface area contributed by atoms with E-state index in [1.807, 2.05) is 18.2 Å². The van der Waals surface area contributed by atoms with Crippen molar-refractivity contribution >= 4 is 16.7 Å². The largest absolute Gasteiger partial charge is 0.395 e. The first-order chi connectivity index (χ1) is 13.8. The molecule has 0 aromatic heterocycles. The SMILES string of the molecule is CN1CCC(C(F)(F)F)C(OC2CCCCC2)(c2cccc3ccccc23)C1=O. The van der Waals surface area contributed by atoms with Gasteiger partial charge in [-0.05, 0) is 30.0 Å². The van der Waals surface area contributed by atoms with Crippen LogP contribution in [0.3, 0.4) is 0 Å². The summed E-state index contributed by atoms with van der Waals surface area (Å²) in [7, 11) is 1.57. The molecule has 2 aliphatic rings. The molecule has 0 spiro atoms. The van der Waals surface area contributed by atoms with Crippen LogP contribution in [0.1, 0.15) is 44.1 Å². The van der Waals surface area contributed by atoms with Crippen LogP contribution in [0.15, 0.2) is 42.5 Å². The van der Waals surface area contributed by atoms with E-state index >= 15 is 0 Å². The Labute approximate surface area is 168 Å². The number of halogens is 3. The number of piperidine rings is 1. The zero-order chi connectivity index (χ0) is 20.6. The van der Waals surface area contributed by atoms with Crippen molar-refractivity contribution in [2.75, 3.05) is 13.6 Å². The Hall–Kier alpha value is -2.08. The molecule has 2 fully saturated rings. The number of carbonyl (C=O) groups is 1. The fraction of sp³-hybridized carbons (Fsp3) is 0.522. The summed E-state index contributed by atoms with van der Waals surface area (Å²) in [5.41, 5.74) is -1.71. The summed E-state index contributed by atoms with van der Waals surface area (Å²) in [5.74, 6) is -2.46. The highest BCUT2D eigenvalue weighted by Crippen LogP contribution is 2.51. The Kier molecular flexibility index (Phi) is 5.32. The Bertz CT molecular complexity index is 886. The minimum Gasteiger partial charge on any atom is -0.356 e. The summed E-state index contributed by atoms with van der Waals surface area (Å²) in [5, 5.41) is 1.45. The van der Waals surface area contributed by atoms with Gasteiger partial charge in [0.25, 0.3) is 5.91 Å². The van der Waals surface area contributed by atoms with E-state index < -0.39 is 23.6 Å². The number of likely N-dealkylation sites (tertiary alicyclic amines) is 1. The zero-order valence-corrected chi connectivity index (χ0v) is 16.5. The Morgan fingerprint density at radius 2 is 1.69 bits per heavy atom. The van der Waals surface area contributed by atoms with Gasteiger partial charge in [0.05, 0.1) is 12.0 Å². The molecular weight excluding hydrogens is 379 g/mol. The second kappa shape index (κ2) is 7.63. The molecule has 2 atom stereocenters. The maximum Gasteiger partial charge on any atom is 0.395 e. The smallest absolute Gasteiger partial charge is 0.356 e. The number of alkyl halides is 3. The van der Waals surface area contributed by atoms with Gasteiger partial charge >= 0.3 is 6.18 Å². The first kappa shape index (κ1) is 20.2. The van der Waals surface area contributed by atoms with Crippen LogP contribution in [-0.4, -0.2) is 36.7 Å². The lowest BCUT2D eigenvalue weighted by Crippen LogP contribution is -2.61. The van der Waals surface area contributed by atoms with E-state index in [4.69, 9.17) is 4.74 Å². The molecular formula is C23H26F3NO2. The highest BCUT2D eigenvalue weighted by molar-refractivity contribution is 5.95. The Morgan fingerprint density at radius 3 is 2.41 bits per heavy atom. The van der Waals surface area contributed by atoms with Gasteiger partial charge in [-0.1, -0.05) is 61.7 Å². The van der Waals surface area contributed by atoms with Crippen LogP contribution in [0.4, 0.5) is 13.2 Å². The molecule has 3 nitrogen and oxygen atoms in total. The lowest BCUT2D eigenvalue weighted by Gasteiger charge is -2.48. The topological polar surface area (TPSA) is 29.5 Å². The molecule has 6 heteroatoms. The molecule has 2 aromatic carbocycles. The van der Waals surface area contributed by atoms with E-state index in [1.165, 1.54) is 4.90 Å². The predicted octanol–water partition coefficient (Wildman–Crippen LogP) is 5.43. The van der Waals surface area contributed by atoms with Gasteiger partial charge in [-0.3, -0.25) is 4.79 Å². The molecule has 0 radical (unpaired) electrons. The van der Waals surface area contributed by atoms with Crippen molar-refractivity contribution in [1.29, 1.82) is 0 Å². The molecule has 1 aliphatic heterocycles. The second-order valence-electron chi connectivity index (χ2n) is 8.25. The van der Waals surface area contributed by atoms with Crippen LogP contribution in [0.25, 0.3) is 10.8 Å². The van der Waals surface area contributed by atoms with Gasteiger partial charge < -0.3 is 9.64 Å². The summed E-state index contributed by atoms with van der Waals surface area (Å²) in [6.07, 6.45) is -0.791. The maximum absolute atomic E-state index is 14.3. The number of carbonyl (C=O) groups excluding carboxylic acids is 1. The van der Waals surface area contributed by atoms with Gasteiger partial charge in [0.1, 0.15) is 0 Å². The van der Waals surface area contributed by atoms with Crippen molar-refractivity contribution in [2.45, 2.75) is 56.4 Å². The summed E-state index contributed by atoms with van der Waals surface area (Å²) in [4.78, 5) is 14.9. The normalized spacial score (nSPS) is 26.8. The minimum absolute atomic E-state index is 0.0730. The Morgan fingerprint density at radius 1 is 1.00 bits per heavy atom. The third-order valence-electron chi connectivity index (χ3n) is 6.40.